The number of hydrogen-bond acceptors (Lipinski definition) is 3. The van der Waals surface area contributed by atoms with Crippen LogP contribution < -0.4 is 5.32 Å². The van der Waals surface area contributed by atoms with E-state index in [-0.39, 0.29) is 34.9 Å². The Morgan fingerprint density at radius 3 is 2.72 bits per heavy atom. The highest BCUT2D eigenvalue weighted by molar-refractivity contribution is 6.33. The van der Waals surface area contributed by atoms with E-state index >= 15 is 0 Å². The Labute approximate surface area is 152 Å². The third-order valence-electron chi connectivity index (χ3n) is 4.03. The van der Waals surface area contributed by atoms with Crippen LogP contribution in [0.4, 0.5) is 5.69 Å². The van der Waals surface area contributed by atoms with Gasteiger partial charge in [-0.25, -0.2) is 4.79 Å². The van der Waals surface area contributed by atoms with E-state index in [4.69, 9.17) is 21.4 Å². The van der Waals surface area contributed by atoms with Crippen LogP contribution in [0, 0.1) is 5.92 Å². The third-order valence-corrected chi connectivity index (χ3v) is 4.36. The summed E-state index contributed by atoms with van der Waals surface area (Å²) in [6.45, 7) is 6.24. The molecule has 0 aromatic heterocycles. The summed E-state index contributed by atoms with van der Waals surface area (Å²) in [5, 5.41) is 11.9. The SMILES string of the molecule is CC1=C(C(C)C)C=CC(OCC(=O)Nc2cc(C(=O)O)ccc2Cl)C1. The number of aromatic carboxylic acids is 1. The van der Waals surface area contributed by atoms with Gasteiger partial charge in [0.15, 0.2) is 0 Å². The average Bonchev–Trinajstić information content (AvgIpc) is 2.54. The molecule has 5 nitrogen and oxygen atoms in total. The van der Waals surface area contributed by atoms with E-state index in [1.165, 1.54) is 29.3 Å². The quantitative estimate of drug-likeness (QED) is 0.790. The van der Waals surface area contributed by atoms with Crippen molar-refractivity contribution < 1.29 is 19.4 Å². The monoisotopic (exact) mass is 363 g/mol. The summed E-state index contributed by atoms with van der Waals surface area (Å²) in [4.78, 5) is 23.1. The normalized spacial score (nSPS) is 17.1. The topological polar surface area (TPSA) is 75.6 Å². The van der Waals surface area contributed by atoms with Crippen molar-refractivity contribution in [2.24, 2.45) is 5.92 Å². The van der Waals surface area contributed by atoms with E-state index in [2.05, 4.69) is 32.2 Å². The van der Waals surface area contributed by atoms with Crippen LogP contribution in [0.15, 0.2) is 41.5 Å². The number of carbonyl (C=O) groups excluding carboxylic acids is 1. The molecule has 1 unspecified atom stereocenters. The van der Waals surface area contributed by atoms with E-state index in [0.29, 0.717) is 5.92 Å². The molecule has 0 fully saturated rings. The van der Waals surface area contributed by atoms with E-state index in [9.17, 15) is 9.59 Å². The van der Waals surface area contributed by atoms with E-state index in [0.717, 1.165) is 6.42 Å². The van der Waals surface area contributed by atoms with E-state index in [1.807, 2.05) is 6.08 Å². The minimum Gasteiger partial charge on any atom is -0.478 e. The number of carboxylic acid groups (broad SMARTS) is 1. The highest BCUT2D eigenvalue weighted by Gasteiger charge is 2.17. The lowest BCUT2D eigenvalue weighted by Crippen LogP contribution is -2.24. The molecule has 2 rings (SSSR count). The maximum absolute atomic E-state index is 12.1. The van der Waals surface area contributed by atoms with Crippen LogP contribution in [0.5, 0.6) is 0 Å². The highest BCUT2D eigenvalue weighted by Crippen LogP contribution is 2.26. The molecule has 1 atom stereocenters. The van der Waals surface area contributed by atoms with Crippen LogP contribution >= 0.6 is 11.6 Å². The number of anilines is 1. The van der Waals surface area contributed by atoms with Gasteiger partial charge in [-0.15, -0.1) is 0 Å². The molecule has 1 aliphatic carbocycles. The maximum Gasteiger partial charge on any atom is 0.335 e. The van der Waals surface area contributed by atoms with Crippen LogP contribution in [0.2, 0.25) is 5.02 Å². The molecule has 1 aromatic carbocycles. The summed E-state index contributed by atoms with van der Waals surface area (Å²) < 4.78 is 5.64. The van der Waals surface area contributed by atoms with E-state index < -0.39 is 5.97 Å². The second-order valence-electron chi connectivity index (χ2n) is 6.35. The molecule has 6 heteroatoms. The van der Waals surface area contributed by atoms with Crippen molar-refractivity contribution in [1.29, 1.82) is 0 Å². The highest BCUT2D eigenvalue weighted by atomic mass is 35.5. The Morgan fingerprint density at radius 2 is 2.12 bits per heavy atom. The zero-order valence-corrected chi connectivity index (χ0v) is 15.3. The summed E-state index contributed by atoms with van der Waals surface area (Å²) >= 11 is 5.99. The lowest BCUT2D eigenvalue weighted by Gasteiger charge is -2.22. The predicted molar refractivity (Wildman–Crippen MR) is 98.1 cm³/mol. The van der Waals surface area contributed by atoms with Crippen molar-refractivity contribution in [1.82, 2.24) is 0 Å². The van der Waals surface area contributed by atoms with Gasteiger partial charge in [0.05, 0.1) is 22.4 Å². The summed E-state index contributed by atoms with van der Waals surface area (Å²) in [7, 11) is 0. The fourth-order valence-electron chi connectivity index (χ4n) is 2.76. The lowest BCUT2D eigenvalue weighted by atomic mass is 9.90. The minimum atomic E-state index is -1.08. The molecular formula is C19H22ClNO4. The molecule has 0 saturated carbocycles. The largest absolute Gasteiger partial charge is 0.478 e. The molecule has 0 aliphatic heterocycles. The fourth-order valence-corrected chi connectivity index (χ4v) is 2.93. The lowest BCUT2D eigenvalue weighted by molar-refractivity contribution is -0.121. The van der Waals surface area contributed by atoms with Crippen LogP contribution in [-0.2, 0) is 9.53 Å². The molecule has 0 heterocycles. The van der Waals surface area contributed by atoms with Crippen molar-refractivity contribution >= 4 is 29.2 Å². The number of carbonyl (C=O) groups is 2. The Kier molecular flexibility index (Phi) is 6.39. The summed E-state index contributed by atoms with van der Waals surface area (Å²) in [5.74, 6) is -1.00. The van der Waals surface area contributed by atoms with Gasteiger partial charge in [-0.2, -0.15) is 0 Å². The summed E-state index contributed by atoms with van der Waals surface area (Å²) in [5.41, 5.74) is 2.88. The Hall–Kier alpha value is -2.11. The molecular weight excluding hydrogens is 342 g/mol. The van der Waals surface area contributed by atoms with Gasteiger partial charge in [-0.05, 0) is 43.0 Å². The number of halogens is 1. The Bertz CT molecular complexity index is 737. The second kappa shape index (κ2) is 8.32. The van der Waals surface area contributed by atoms with Crippen LogP contribution in [-0.4, -0.2) is 29.7 Å². The smallest absolute Gasteiger partial charge is 0.335 e. The number of carboxylic acids is 1. The van der Waals surface area contributed by atoms with Gasteiger partial charge in [0, 0.05) is 0 Å². The Balaban J connectivity index is 1.91. The van der Waals surface area contributed by atoms with Crippen molar-refractivity contribution in [3.05, 3.63) is 52.1 Å². The van der Waals surface area contributed by atoms with Gasteiger partial charge in [-0.1, -0.05) is 43.2 Å². The zero-order chi connectivity index (χ0) is 18.6. The summed E-state index contributed by atoms with van der Waals surface area (Å²) in [6.07, 6.45) is 4.63. The molecule has 25 heavy (non-hydrogen) atoms. The number of rotatable bonds is 6. The number of benzene rings is 1. The number of nitrogens with one attached hydrogen (secondary N) is 1. The maximum atomic E-state index is 12.1. The van der Waals surface area contributed by atoms with Gasteiger partial charge in [-0.3, -0.25) is 4.79 Å². The van der Waals surface area contributed by atoms with E-state index in [1.54, 1.807) is 0 Å². The molecule has 1 aliphatic rings. The molecule has 1 aromatic rings. The van der Waals surface area contributed by atoms with Gasteiger partial charge >= 0.3 is 5.97 Å². The molecule has 134 valence electrons. The third kappa shape index (κ3) is 5.18. The summed E-state index contributed by atoms with van der Waals surface area (Å²) in [6, 6.07) is 4.14. The van der Waals surface area contributed by atoms with Crippen molar-refractivity contribution in [2.45, 2.75) is 33.3 Å². The van der Waals surface area contributed by atoms with Gasteiger partial charge in [0.25, 0.3) is 0 Å². The average molecular weight is 364 g/mol. The molecule has 0 bridgehead atoms. The molecule has 1 amide bonds. The zero-order valence-electron chi connectivity index (χ0n) is 14.5. The second-order valence-corrected chi connectivity index (χ2v) is 6.76. The first-order valence-electron chi connectivity index (χ1n) is 8.10. The van der Waals surface area contributed by atoms with Gasteiger partial charge < -0.3 is 15.2 Å². The van der Waals surface area contributed by atoms with Gasteiger partial charge in [0.2, 0.25) is 5.91 Å². The van der Waals surface area contributed by atoms with Crippen molar-refractivity contribution in [3.63, 3.8) is 0 Å². The first-order chi connectivity index (χ1) is 11.8. The first-order valence-corrected chi connectivity index (χ1v) is 8.48. The predicted octanol–water partition coefficient (Wildman–Crippen LogP) is 4.29. The first kappa shape index (κ1) is 19.2. The van der Waals surface area contributed by atoms with Gasteiger partial charge in [0.1, 0.15) is 6.61 Å². The van der Waals surface area contributed by atoms with Crippen molar-refractivity contribution in [2.75, 3.05) is 11.9 Å². The number of hydrogen-bond donors (Lipinski definition) is 2. The fraction of sp³-hybridized carbons (Fsp3) is 0.368. The van der Waals surface area contributed by atoms with Crippen LogP contribution in [0.1, 0.15) is 37.6 Å². The van der Waals surface area contributed by atoms with Crippen LogP contribution in [0.3, 0.4) is 0 Å². The molecule has 2 N–H and O–H groups in total. The molecule has 0 spiro atoms. The number of amides is 1. The van der Waals surface area contributed by atoms with Crippen molar-refractivity contribution in [3.8, 4) is 0 Å². The molecule has 0 radical (unpaired) electrons. The van der Waals surface area contributed by atoms with Crippen LogP contribution in [0.25, 0.3) is 0 Å². The molecule has 0 saturated heterocycles. The number of allylic oxidation sites excluding steroid dienone is 2. The number of ether oxygens (including phenoxy) is 1. The minimum absolute atomic E-state index is 0.0535. The standard InChI is InChI=1S/C19H22ClNO4/c1-11(2)15-6-5-14(8-12(15)3)25-10-18(22)21-17-9-13(19(23)24)4-7-16(17)20/h4-7,9,11,14H,8,10H2,1-3H3,(H,21,22)(H,23,24). The Morgan fingerprint density at radius 1 is 1.40 bits per heavy atom.